The average molecular weight is 325 g/mol. The van der Waals surface area contributed by atoms with E-state index in [1.165, 1.54) is 14.2 Å². The summed E-state index contributed by atoms with van der Waals surface area (Å²) in [5, 5.41) is 0. The van der Waals surface area contributed by atoms with Gasteiger partial charge >= 0.3 is 6.01 Å². The van der Waals surface area contributed by atoms with E-state index >= 15 is 0 Å². The van der Waals surface area contributed by atoms with Crippen LogP contribution in [0, 0.1) is 6.92 Å². The molecule has 2 rings (SSSR count). The third kappa shape index (κ3) is 3.35. The van der Waals surface area contributed by atoms with Gasteiger partial charge in [-0.1, -0.05) is 15.9 Å². The third-order valence-electron chi connectivity index (χ3n) is 2.42. The van der Waals surface area contributed by atoms with Crippen LogP contribution in [-0.2, 0) is 0 Å². The minimum absolute atomic E-state index is 0.179. The summed E-state index contributed by atoms with van der Waals surface area (Å²) in [5.41, 5.74) is 1.06. The molecule has 2 aromatic rings. The largest absolute Gasteiger partial charge is 0.481 e. The second-order valence-corrected chi connectivity index (χ2v) is 4.60. The fraction of sp³-hybridized carbons (Fsp3) is 0.231. The minimum atomic E-state index is 0.179. The fourth-order valence-electron chi connectivity index (χ4n) is 1.42. The molecular weight excluding hydrogens is 312 g/mol. The molecule has 1 heterocycles. The predicted molar refractivity (Wildman–Crippen MR) is 74.1 cm³/mol. The SMILES string of the molecule is COc1cc(OC)nc(Oc2ccc(Br)c(C)c2)n1. The molecule has 1 aromatic heterocycles. The van der Waals surface area contributed by atoms with E-state index in [0.29, 0.717) is 17.5 Å². The van der Waals surface area contributed by atoms with Crippen LogP contribution in [0.1, 0.15) is 5.56 Å². The second kappa shape index (κ2) is 5.88. The molecule has 0 aliphatic carbocycles. The first kappa shape index (κ1) is 13.6. The van der Waals surface area contributed by atoms with Crippen molar-refractivity contribution in [2.24, 2.45) is 0 Å². The number of aryl methyl sites for hydroxylation is 1. The van der Waals surface area contributed by atoms with Gasteiger partial charge in [-0.15, -0.1) is 0 Å². The number of halogens is 1. The normalized spacial score (nSPS) is 10.1. The Labute approximate surface area is 119 Å². The summed E-state index contributed by atoms with van der Waals surface area (Å²) >= 11 is 3.43. The first-order chi connectivity index (χ1) is 9.12. The highest BCUT2D eigenvalue weighted by Gasteiger charge is 2.08. The predicted octanol–water partition coefficient (Wildman–Crippen LogP) is 3.36. The van der Waals surface area contributed by atoms with Crippen molar-refractivity contribution in [3.63, 3.8) is 0 Å². The lowest BCUT2D eigenvalue weighted by Crippen LogP contribution is -1.98. The average Bonchev–Trinajstić information content (AvgIpc) is 2.42. The summed E-state index contributed by atoms with van der Waals surface area (Å²) in [6.07, 6.45) is 0. The highest BCUT2D eigenvalue weighted by Crippen LogP contribution is 2.26. The molecule has 0 atom stereocenters. The molecule has 0 amide bonds. The molecule has 0 N–H and O–H groups in total. The Bertz CT molecular complexity index is 568. The molecule has 5 nitrogen and oxygen atoms in total. The molecule has 0 fully saturated rings. The van der Waals surface area contributed by atoms with Crippen molar-refractivity contribution >= 4 is 15.9 Å². The number of aromatic nitrogens is 2. The highest BCUT2D eigenvalue weighted by atomic mass is 79.9. The lowest BCUT2D eigenvalue weighted by atomic mass is 10.2. The number of hydrogen-bond acceptors (Lipinski definition) is 5. The summed E-state index contributed by atoms with van der Waals surface area (Å²) in [6, 6.07) is 7.38. The zero-order valence-electron chi connectivity index (χ0n) is 10.8. The summed E-state index contributed by atoms with van der Waals surface area (Å²) in [4.78, 5) is 8.20. The van der Waals surface area contributed by atoms with E-state index < -0.39 is 0 Å². The topological polar surface area (TPSA) is 53.5 Å². The van der Waals surface area contributed by atoms with Crippen molar-refractivity contribution in [2.75, 3.05) is 14.2 Å². The Balaban J connectivity index is 2.29. The third-order valence-corrected chi connectivity index (χ3v) is 3.31. The van der Waals surface area contributed by atoms with Crippen LogP contribution in [0.4, 0.5) is 0 Å². The zero-order valence-corrected chi connectivity index (χ0v) is 12.4. The standard InChI is InChI=1S/C13H13BrN2O3/c1-8-6-9(4-5-10(8)14)19-13-15-11(17-2)7-12(16-13)18-3/h4-7H,1-3H3. The maximum atomic E-state index is 5.60. The number of methoxy groups -OCH3 is 2. The maximum Gasteiger partial charge on any atom is 0.328 e. The van der Waals surface area contributed by atoms with Crippen molar-refractivity contribution in [1.82, 2.24) is 9.97 Å². The molecule has 0 saturated heterocycles. The molecule has 0 bridgehead atoms. The van der Waals surface area contributed by atoms with E-state index in [2.05, 4.69) is 25.9 Å². The lowest BCUT2D eigenvalue weighted by molar-refractivity contribution is 0.348. The highest BCUT2D eigenvalue weighted by molar-refractivity contribution is 9.10. The van der Waals surface area contributed by atoms with E-state index in [9.17, 15) is 0 Å². The van der Waals surface area contributed by atoms with E-state index in [1.807, 2.05) is 25.1 Å². The first-order valence-corrected chi connectivity index (χ1v) is 6.32. The summed E-state index contributed by atoms with van der Waals surface area (Å²) in [7, 11) is 3.05. The van der Waals surface area contributed by atoms with Gasteiger partial charge in [0.25, 0.3) is 0 Å². The van der Waals surface area contributed by atoms with Crippen molar-refractivity contribution < 1.29 is 14.2 Å². The van der Waals surface area contributed by atoms with Crippen LogP contribution in [-0.4, -0.2) is 24.2 Å². The minimum Gasteiger partial charge on any atom is -0.481 e. The van der Waals surface area contributed by atoms with Crippen molar-refractivity contribution in [2.45, 2.75) is 6.92 Å². The molecular formula is C13H13BrN2O3. The summed E-state index contributed by atoms with van der Waals surface area (Å²) in [5.74, 6) is 1.42. The number of hydrogen-bond donors (Lipinski definition) is 0. The Kier molecular flexibility index (Phi) is 4.21. The lowest BCUT2D eigenvalue weighted by Gasteiger charge is -2.08. The Morgan fingerprint density at radius 1 is 1.00 bits per heavy atom. The quantitative estimate of drug-likeness (QED) is 0.863. The van der Waals surface area contributed by atoms with Gasteiger partial charge in [0.1, 0.15) is 5.75 Å². The monoisotopic (exact) mass is 324 g/mol. The number of rotatable bonds is 4. The van der Waals surface area contributed by atoms with E-state index in [-0.39, 0.29) is 6.01 Å². The van der Waals surface area contributed by atoms with Gasteiger partial charge in [-0.05, 0) is 30.7 Å². The zero-order chi connectivity index (χ0) is 13.8. The van der Waals surface area contributed by atoms with Crippen LogP contribution in [0.5, 0.6) is 23.5 Å². The second-order valence-electron chi connectivity index (χ2n) is 3.75. The van der Waals surface area contributed by atoms with Gasteiger partial charge < -0.3 is 14.2 Å². The maximum absolute atomic E-state index is 5.60. The first-order valence-electron chi connectivity index (χ1n) is 5.53. The van der Waals surface area contributed by atoms with E-state index in [0.717, 1.165) is 10.0 Å². The molecule has 0 spiro atoms. The van der Waals surface area contributed by atoms with E-state index in [1.54, 1.807) is 6.07 Å². The Hall–Kier alpha value is -1.82. The molecule has 0 unspecified atom stereocenters. The van der Waals surface area contributed by atoms with Gasteiger partial charge in [-0.25, -0.2) is 0 Å². The van der Waals surface area contributed by atoms with Crippen molar-refractivity contribution in [3.8, 4) is 23.5 Å². The van der Waals surface area contributed by atoms with Gasteiger partial charge in [-0.2, -0.15) is 9.97 Å². The molecule has 1 aromatic carbocycles. The molecule has 0 aliphatic heterocycles. The van der Waals surface area contributed by atoms with Gasteiger partial charge in [0.05, 0.1) is 20.3 Å². The van der Waals surface area contributed by atoms with Crippen LogP contribution < -0.4 is 14.2 Å². The van der Waals surface area contributed by atoms with Crippen molar-refractivity contribution in [1.29, 1.82) is 0 Å². The van der Waals surface area contributed by atoms with Gasteiger partial charge in [0.15, 0.2) is 0 Å². The molecule has 19 heavy (non-hydrogen) atoms. The molecule has 0 saturated carbocycles. The molecule has 100 valence electrons. The van der Waals surface area contributed by atoms with Crippen LogP contribution in [0.15, 0.2) is 28.7 Å². The van der Waals surface area contributed by atoms with Crippen molar-refractivity contribution in [3.05, 3.63) is 34.3 Å². The Morgan fingerprint density at radius 2 is 1.63 bits per heavy atom. The molecule has 0 radical (unpaired) electrons. The van der Waals surface area contributed by atoms with Gasteiger partial charge in [0, 0.05) is 4.47 Å². The molecule has 0 aliphatic rings. The van der Waals surface area contributed by atoms with Gasteiger partial charge in [0.2, 0.25) is 11.8 Å². The van der Waals surface area contributed by atoms with E-state index in [4.69, 9.17) is 14.2 Å². The smallest absolute Gasteiger partial charge is 0.328 e. The molecule has 6 heteroatoms. The number of ether oxygens (including phenoxy) is 3. The van der Waals surface area contributed by atoms with Gasteiger partial charge in [-0.3, -0.25) is 0 Å². The van der Waals surface area contributed by atoms with Crippen LogP contribution in [0.3, 0.4) is 0 Å². The van der Waals surface area contributed by atoms with Crippen LogP contribution >= 0.6 is 15.9 Å². The van der Waals surface area contributed by atoms with Crippen LogP contribution in [0.2, 0.25) is 0 Å². The number of nitrogens with zero attached hydrogens (tertiary/aromatic N) is 2. The summed E-state index contributed by atoms with van der Waals surface area (Å²) in [6.45, 7) is 1.98. The Morgan fingerprint density at radius 3 is 2.16 bits per heavy atom. The van der Waals surface area contributed by atoms with Crippen LogP contribution in [0.25, 0.3) is 0 Å². The number of benzene rings is 1. The fourth-order valence-corrected chi connectivity index (χ4v) is 1.67. The summed E-state index contributed by atoms with van der Waals surface area (Å²) < 4.78 is 16.7.